The molecule has 1 atom stereocenters. The van der Waals surface area contributed by atoms with Crippen LogP contribution in [0, 0.1) is 0 Å². The standard InChI is InChI=1S/C18H22N2O4/c1-3-20-15-8-6-5-7-12(15)13-9-10-19-14(17(13)20)11-16(21)24-18(22)23-4-2/h5-8,14,19H,3-4,9-11H2,1-2H3. The summed E-state index contributed by atoms with van der Waals surface area (Å²) in [7, 11) is 0. The van der Waals surface area contributed by atoms with Gasteiger partial charge in [0.2, 0.25) is 0 Å². The van der Waals surface area contributed by atoms with Gasteiger partial charge in [0.05, 0.1) is 19.1 Å². The van der Waals surface area contributed by atoms with Crippen LogP contribution < -0.4 is 5.32 Å². The Morgan fingerprint density at radius 2 is 2.08 bits per heavy atom. The molecular formula is C18H22N2O4. The van der Waals surface area contributed by atoms with Gasteiger partial charge in [-0.25, -0.2) is 4.79 Å². The third-order valence-corrected chi connectivity index (χ3v) is 4.36. The van der Waals surface area contributed by atoms with Crippen molar-refractivity contribution in [3.8, 4) is 0 Å². The lowest BCUT2D eigenvalue weighted by Crippen LogP contribution is -2.33. The molecule has 0 radical (unpaired) electrons. The van der Waals surface area contributed by atoms with E-state index >= 15 is 0 Å². The van der Waals surface area contributed by atoms with Crippen LogP contribution in [0.15, 0.2) is 24.3 Å². The summed E-state index contributed by atoms with van der Waals surface area (Å²) in [6.45, 7) is 5.56. The quantitative estimate of drug-likeness (QED) is 0.689. The summed E-state index contributed by atoms with van der Waals surface area (Å²) >= 11 is 0. The number of fused-ring (bicyclic) bond motifs is 3. The van der Waals surface area contributed by atoms with E-state index in [1.807, 2.05) is 12.1 Å². The minimum atomic E-state index is -0.936. The molecule has 24 heavy (non-hydrogen) atoms. The number of esters is 1. The summed E-state index contributed by atoms with van der Waals surface area (Å²) in [5, 5.41) is 4.61. The van der Waals surface area contributed by atoms with E-state index in [0.29, 0.717) is 0 Å². The summed E-state index contributed by atoms with van der Waals surface area (Å²) in [4.78, 5) is 23.4. The summed E-state index contributed by atoms with van der Waals surface area (Å²) in [6.07, 6.45) is 0.0866. The first-order chi connectivity index (χ1) is 11.7. The molecule has 6 heteroatoms. The third kappa shape index (κ3) is 3.01. The smallest absolute Gasteiger partial charge is 0.434 e. The van der Waals surface area contributed by atoms with Gasteiger partial charge in [-0.1, -0.05) is 18.2 Å². The van der Waals surface area contributed by atoms with Crippen LogP contribution in [-0.2, 0) is 27.2 Å². The summed E-state index contributed by atoms with van der Waals surface area (Å²) in [6, 6.07) is 8.12. The molecule has 0 saturated carbocycles. The first-order valence-corrected chi connectivity index (χ1v) is 8.36. The Hall–Kier alpha value is -2.34. The van der Waals surface area contributed by atoms with E-state index in [9.17, 15) is 9.59 Å². The molecule has 0 bridgehead atoms. The van der Waals surface area contributed by atoms with Crippen LogP contribution in [0.1, 0.15) is 37.6 Å². The van der Waals surface area contributed by atoms with E-state index < -0.39 is 12.1 Å². The van der Waals surface area contributed by atoms with Crippen LogP contribution in [0.3, 0.4) is 0 Å². The van der Waals surface area contributed by atoms with Crippen molar-refractivity contribution in [3.63, 3.8) is 0 Å². The predicted octanol–water partition coefficient (Wildman–Crippen LogP) is 2.94. The molecule has 128 valence electrons. The fourth-order valence-corrected chi connectivity index (χ4v) is 3.48. The maximum atomic E-state index is 12.0. The summed E-state index contributed by atoms with van der Waals surface area (Å²) in [5.74, 6) is -0.577. The zero-order valence-corrected chi connectivity index (χ0v) is 14.0. The molecule has 0 amide bonds. The van der Waals surface area contributed by atoms with E-state index in [1.165, 1.54) is 16.5 Å². The molecule has 0 fully saturated rings. The first kappa shape index (κ1) is 16.5. The minimum Gasteiger partial charge on any atom is -0.434 e. The van der Waals surface area contributed by atoms with Crippen LogP contribution in [0.5, 0.6) is 0 Å². The zero-order valence-electron chi connectivity index (χ0n) is 14.0. The molecule has 1 aliphatic rings. The van der Waals surface area contributed by atoms with Gasteiger partial charge in [-0.2, -0.15) is 0 Å². The fraction of sp³-hybridized carbons (Fsp3) is 0.444. The van der Waals surface area contributed by atoms with E-state index in [1.54, 1.807) is 6.92 Å². The zero-order chi connectivity index (χ0) is 17.1. The van der Waals surface area contributed by atoms with Crippen LogP contribution >= 0.6 is 0 Å². The highest BCUT2D eigenvalue weighted by atomic mass is 16.7. The van der Waals surface area contributed by atoms with E-state index in [-0.39, 0.29) is 19.1 Å². The number of benzene rings is 1. The lowest BCUT2D eigenvalue weighted by molar-refractivity contribution is -0.140. The molecular weight excluding hydrogens is 308 g/mol. The van der Waals surface area contributed by atoms with Gasteiger partial charge in [0.25, 0.3) is 0 Å². The van der Waals surface area contributed by atoms with Gasteiger partial charge < -0.3 is 19.4 Å². The molecule has 0 saturated heterocycles. The molecule has 1 aromatic carbocycles. The van der Waals surface area contributed by atoms with Crippen LogP contribution in [-0.4, -0.2) is 29.8 Å². The second-order valence-corrected chi connectivity index (χ2v) is 5.74. The molecule has 0 aliphatic carbocycles. The van der Waals surface area contributed by atoms with Gasteiger partial charge in [-0.05, 0) is 38.4 Å². The Labute approximate surface area is 140 Å². The Balaban J connectivity index is 1.89. The monoisotopic (exact) mass is 330 g/mol. The molecule has 6 nitrogen and oxygen atoms in total. The maximum Gasteiger partial charge on any atom is 0.516 e. The number of para-hydroxylation sites is 1. The maximum absolute atomic E-state index is 12.0. The van der Waals surface area contributed by atoms with Crippen molar-refractivity contribution < 1.29 is 19.1 Å². The number of aryl methyl sites for hydroxylation is 1. The van der Waals surface area contributed by atoms with Gasteiger partial charge in [0, 0.05) is 23.1 Å². The second-order valence-electron chi connectivity index (χ2n) is 5.74. The van der Waals surface area contributed by atoms with E-state index in [0.717, 1.165) is 25.2 Å². The average Bonchev–Trinajstić information content (AvgIpc) is 2.90. The molecule has 1 unspecified atom stereocenters. The third-order valence-electron chi connectivity index (χ3n) is 4.36. The first-order valence-electron chi connectivity index (χ1n) is 8.36. The molecule has 3 rings (SSSR count). The Morgan fingerprint density at radius 3 is 2.83 bits per heavy atom. The van der Waals surface area contributed by atoms with Gasteiger partial charge in [0.1, 0.15) is 0 Å². The number of aromatic nitrogens is 1. The molecule has 1 aliphatic heterocycles. The number of rotatable bonds is 4. The predicted molar refractivity (Wildman–Crippen MR) is 89.8 cm³/mol. The fourth-order valence-electron chi connectivity index (χ4n) is 3.48. The number of carbonyl (C=O) groups excluding carboxylic acids is 2. The topological polar surface area (TPSA) is 69.6 Å². The lowest BCUT2D eigenvalue weighted by atomic mass is 9.97. The number of nitrogens with zero attached hydrogens (tertiary/aromatic N) is 1. The number of hydrogen-bond donors (Lipinski definition) is 1. The van der Waals surface area contributed by atoms with Crippen molar-refractivity contribution in [3.05, 3.63) is 35.5 Å². The second kappa shape index (κ2) is 7.05. The highest BCUT2D eigenvalue weighted by Gasteiger charge is 2.29. The Bertz CT molecular complexity index is 733. The van der Waals surface area contributed by atoms with Crippen molar-refractivity contribution in [1.29, 1.82) is 0 Å². The highest BCUT2D eigenvalue weighted by molar-refractivity contribution is 5.87. The number of ether oxygens (including phenoxy) is 2. The molecule has 1 aromatic heterocycles. The van der Waals surface area contributed by atoms with Crippen molar-refractivity contribution in [2.75, 3.05) is 13.2 Å². The van der Waals surface area contributed by atoms with Crippen LogP contribution in [0.4, 0.5) is 4.79 Å². The normalized spacial score (nSPS) is 16.7. The summed E-state index contributed by atoms with van der Waals surface area (Å²) in [5.41, 5.74) is 3.57. The van der Waals surface area contributed by atoms with Gasteiger partial charge in [0.15, 0.2) is 0 Å². The van der Waals surface area contributed by atoms with E-state index in [4.69, 9.17) is 4.74 Å². The largest absolute Gasteiger partial charge is 0.516 e. The number of hydrogen-bond acceptors (Lipinski definition) is 5. The SMILES string of the molecule is CCOC(=O)OC(=O)CC1NCCc2c1n(CC)c1ccccc21. The van der Waals surface area contributed by atoms with Gasteiger partial charge in [-0.3, -0.25) is 4.79 Å². The summed E-state index contributed by atoms with van der Waals surface area (Å²) < 4.78 is 11.6. The molecule has 2 heterocycles. The van der Waals surface area contributed by atoms with Gasteiger partial charge in [-0.15, -0.1) is 0 Å². The van der Waals surface area contributed by atoms with E-state index in [2.05, 4.69) is 33.7 Å². The van der Waals surface area contributed by atoms with Crippen molar-refractivity contribution in [2.24, 2.45) is 0 Å². The van der Waals surface area contributed by atoms with Crippen molar-refractivity contribution in [1.82, 2.24) is 9.88 Å². The molecule has 2 aromatic rings. The van der Waals surface area contributed by atoms with Gasteiger partial charge >= 0.3 is 12.1 Å². The highest BCUT2D eigenvalue weighted by Crippen LogP contribution is 2.34. The molecule has 1 N–H and O–H groups in total. The number of nitrogens with one attached hydrogen (secondary N) is 1. The van der Waals surface area contributed by atoms with Crippen molar-refractivity contribution in [2.45, 2.75) is 39.3 Å². The van der Waals surface area contributed by atoms with Crippen LogP contribution in [0.2, 0.25) is 0 Å². The Kier molecular flexibility index (Phi) is 4.85. The minimum absolute atomic E-state index is 0.0993. The lowest BCUT2D eigenvalue weighted by Gasteiger charge is -2.26. The van der Waals surface area contributed by atoms with Crippen molar-refractivity contribution >= 4 is 23.0 Å². The molecule has 0 spiro atoms. The number of carbonyl (C=O) groups is 2. The van der Waals surface area contributed by atoms with Crippen LogP contribution in [0.25, 0.3) is 10.9 Å². The Morgan fingerprint density at radius 1 is 1.29 bits per heavy atom. The average molecular weight is 330 g/mol.